The summed E-state index contributed by atoms with van der Waals surface area (Å²) >= 11 is 0. The van der Waals surface area contributed by atoms with Crippen LogP contribution in [0.5, 0.6) is 0 Å². The van der Waals surface area contributed by atoms with Gasteiger partial charge in [0.1, 0.15) is 5.92 Å². The highest BCUT2D eigenvalue weighted by molar-refractivity contribution is 5.85. The molecule has 4 aliphatic rings. The fourth-order valence-electron chi connectivity index (χ4n) is 5.21. The number of carbonyl (C=O) groups excluding carboxylic acids is 1. The number of hydrogen-bond donors (Lipinski definition) is 0. The molecule has 98 valence electrons. The number of Topliss-reactive ketones (excluding diaryl/α,β-unsaturated/α-hetero) is 1. The van der Waals surface area contributed by atoms with Gasteiger partial charge in [-0.25, -0.2) is 0 Å². The van der Waals surface area contributed by atoms with Crippen LogP contribution in [0.1, 0.15) is 46.0 Å². The van der Waals surface area contributed by atoms with Crippen LogP contribution in [0, 0.1) is 52.8 Å². The Hall–Kier alpha value is -0.840. The van der Waals surface area contributed by atoms with E-state index in [9.17, 15) is 10.1 Å². The van der Waals surface area contributed by atoms with Crippen molar-refractivity contribution in [1.29, 1.82) is 5.26 Å². The predicted octanol–water partition coefficient (Wildman–Crippen LogP) is 3.42. The van der Waals surface area contributed by atoms with E-state index in [1.807, 2.05) is 13.8 Å². The molecule has 0 radical (unpaired) electrons. The van der Waals surface area contributed by atoms with Crippen molar-refractivity contribution < 1.29 is 4.79 Å². The van der Waals surface area contributed by atoms with E-state index in [1.165, 1.54) is 32.1 Å². The number of ketones is 1. The number of carbonyl (C=O) groups is 1. The molecule has 0 saturated heterocycles. The molecule has 2 nitrogen and oxygen atoms in total. The van der Waals surface area contributed by atoms with Gasteiger partial charge >= 0.3 is 0 Å². The average molecular weight is 245 g/mol. The number of rotatable bonds is 3. The Morgan fingerprint density at radius 3 is 1.94 bits per heavy atom. The maximum Gasteiger partial charge on any atom is 0.152 e. The second-order valence-corrected chi connectivity index (χ2v) is 7.17. The lowest BCUT2D eigenvalue weighted by Gasteiger charge is -2.55. The highest BCUT2D eigenvalue weighted by Gasteiger charge is 2.52. The van der Waals surface area contributed by atoms with Crippen molar-refractivity contribution in [3.8, 4) is 6.07 Å². The van der Waals surface area contributed by atoms with Gasteiger partial charge in [0.25, 0.3) is 0 Å². The molecule has 4 bridgehead atoms. The van der Waals surface area contributed by atoms with Gasteiger partial charge in [-0.2, -0.15) is 5.26 Å². The van der Waals surface area contributed by atoms with Gasteiger partial charge in [-0.15, -0.1) is 0 Å². The summed E-state index contributed by atoms with van der Waals surface area (Å²) in [5.74, 6) is 3.44. The van der Waals surface area contributed by atoms with Crippen LogP contribution in [-0.4, -0.2) is 5.78 Å². The van der Waals surface area contributed by atoms with Gasteiger partial charge < -0.3 is 0 Å². The largest absolute Gasteiger partial charge is 0.298 e. The van der Waals surface area contributed by atoms with Gasteiger partial charge in [-0.1, -0.05) is 13.8 Å². The Morgan fingerprint density at radius 1 is 1.06 bits per heavy atom. The molecule has 4 rings (SSSR count). The molecule has 1 atom stereocenters. The first-order valence-corrected chi connectivity index (χ1v) is 7.53. The van der Waals surface area contributed by atoms with Crippen molar-refractivity contribution in [2.75, 3.05) is 0 Å². The zero-order valence-electron chi connectivity index (χ0n) is 11.4. The zero-order chi connectivity index (χ0) is 12.9. The molecule has 4 fully saturated rings. The predicted molar refractivity (Wildman–Crippen MR) is 69.5 cm³/mol. The first-order chi connectivity index (χ1) is 8.60. The molecule has 0 amide bonds. The van der Waals surface area contributed by atoms with Crippen LogP contribution in [0.3, 0.4) is 0 Å². The maximum atomic E-state index is 12.3. The summed E-state index contributed by atoms with van der Waals surface area (Å²) in [6.45, 7) is 3.87. The minimum atomic E-state index is -0.319. The van der Waals surface area contributed by atoms with E-state index in [1.54, 1.807) is 0 Å². The fraction of sp³-hybridized carbons (Fsp3) is 0.875. The van der Waals surface area contributed by atoms with Crippen LogP contribution < -0.4 is 0 Å². The van der Waals surface area contributed by atoms with Gasteiger partial charge in [-0.3, -0.25) is 4.79 Å². The number of hydrogen-bond acceptors (Lipinski definition) is 2. The minimum absolute atomic E-state index is 0.00633. The Bertz CT molecular complexity index is 364. The highest BCUT2D eigenvalue weighted by atomic mass is 16.1. The minimum Gasteiger partial charge on any atom is -0.298 e. The van der Waals surface area contributed by atoms with Gasteiger partial charge in [0.05, 0.1) is 6.07 Å². The zero-order valence-corrected chi connectivity index (χ0v) is 11.4. The third-order valence-corrected chi connectivity index (χ3v) is 5.70. The van der Waals surface area contributed by atoms with Gasteiger partial charge in [0.15, 0.2) is 5.78 Å². The summed E-state index contributed by atoms with van der Waals surface area (Å²) < 4.78 is 0. The van der Waals surface area contributed by atoms with E-state index in [-0.39, 0.29) is 17.6 Å². The van der Waals surface area contributed by atoms with Crippen molar-refractivity contribution in [2.24, 2.45) is 41.4 Å². The van der Waals surface area contributed by atoms with E-state index >= 15 is 0 Å². The lowest BCUT2D eigenvalue weighted by atomic mass is 9.49. The molecule has 0 aromatic heterocycles. The smallest absolute Gasteiger partial charge is 0.152 e. The molecule has 0 N–H and O–H groups in total. The third-order valence-electron chi connectivity index (χ3n) is 5.70. The van der Waals surface area contributed by atoms with Crippen molar-refractivity contribution >= 4 is 5.78 Å². The van der Waals surface area contributed by atoms with Gasteiger partial charge in [0.2, 0.25) is 0 Å². The van der Waals surface area contributed by atoms with Crippen LogP contribution in [0.15, 0.2) is 0 Å². The molecule has 0 heterocycles. The van der Waals surface area contributed by atoms with Crippen molar-refractivity contribution in [1.82, 2.24) is 0 Å². The van der Waals surface area contributed by atoms with Crippen molar-refractivity contribution in [3.63, 3.8) is 0 Å². The Kier molecular flexibility index (Phi) is 2.96. The lowest BCUT2D eigenvalue weighted by Crippen LogP contribution is -2.49. The van der Waals surface area contributed by atoms with Crippen molar-refractivity contribution in [3.05, 3.63) is 0 Å². The van der Waals surface area contributed by atoms with Crippen LogP contribution in [-0.2, 0) is 4.79 Å². The molecule has 0 aromatic rings. The molecule has 4 saturated carbocycles. The molecular weight excluding hydrogens is 222 g/mol. The topological polar surface area (TPSA) is 40.9 Å². The first kappa shape index (κ1) is 12.2. The molecule has 2 heteroatoms. The Morgan fingerprint density at radius 2 is 1.56 bits per heavy atom. The first-order valence-electron chi connectivity index (χ1n) is 7.53. The van der Waals surface area contributed by atoms with Crippen LogP contribution in [0.4, 0.5) is 0 Å². The van der Waals surface area contributed by atoms with E-state index in [0.29, 0.717) is 17.8 Å². The highest BCUT2D eigenvalue weighted by Crippen LogP contribution is 2.58. The SMILES string of the molecule is CC(C)C(=O)C(C#N)C1C2CC3CC(C2)CC1C3. The molecule has 18 heavy (non-hydrogen) atoms. The summed E-state index contributed by atoms with van der Waals surface area (Å²) in [6.07, 6.45) is 6.60. The quantitative estimate of drug-likeness (QED) is 0.764. The second-order valence-electron chi connectivity index (χ2n) is 7.17. The lowest BCUT2D eigenvalue weighted by molar-refractivity contribution is -0.131. The maximum absolute atomic E-state index is 12.3. The average Bonchev–Trinajstić information content (AvgIpc) is 2.32. The van der Waals surface area contributed by atoms with E-state index in [4.69, 9.17) is 0 Å². The summed E-state index contributed by atoms with van der Waals surface area (Å²) in [6, 6.07) is 2.36. The van der Waals surface area contributed by atoms with Gasteiger partial charge in [0, 0.05) is 5.92 Å². The Labute approximate surface area is 110 Å². The monoisotopic (exact) mass is 245 g/mol. The van der Waals surface area contributed by atoms with Crippen LogP contribution in [0.2, 0.25) is 0 Å². The molecule has 1 unspecified atom stereocenters. The Balaban J connectivity index is 1.83. The molecule has 0 spiro atoms. The molecule has 0 aromatic carbocycles. The molecule has 0 aliphatic heterocycles. The standard InChI is InChI=1S/C16H23NO/c1-9(2)16(18)14(8-17)15-12-4-10-3-11(6-12)7-13(15)5-10/h9-15H,3-7H2,1-2H3. The number of nitriles is 1. The second kappa shape index (κ2) is 4.37. The third kappa shape index (κ3) is 1.79. The summed E-state index contributed by atoms with van der Waals surface area (Å²) in [5, 5.41) is 9.46. The summed E-state index contributed by atoms with van der Waals surface area (Å²) in [7, 11) is 0. The normalized spacial score (nSPS) is 42.9. The van der Waals surface area contributed by atoms with Crippen LogP contribution >= 0.6 is 0 Å². The van der Waals surface area contributed by atoms with Crippen molar-refractivity contribution in [2.45, 2.75) is 46.0 Å². The molecule has 4 aliphatic carbocycles. The fourth-order valence-corrected chi connectivity index (χ4v) is 5.21. The number of nitrogens with zero attached hydrogens (tertiary/aromatic N) is 1. The van der Waals surface area contributed by atoms with Crippen LogP contribution in [0.25, 0.3) is 0 Å². The van der Waals surface area contributed by atoms with E-state index in [2.05, 4.69) is 6.07 Å². The summed E-state index contributed by atoms with van der Waals surface area (Å²) in [5.41, 5.74) is 0. The van der Waals surface area contributed by atoms with E-state index < -0.39 is 0 Å². The molecular formula is C16H23NO. The summed E-state index contributed by atoms with van der Waals surface area (Å²) in [4.78, 5) is 12.3. The van der Waals surface area contributed by atoms with Gasteiger partial charge in [-0.05, 0) is 61.7 Å². The van der Waals surface area contributed by atoms with E-state index in [0.717, 1.165) is 11.8 Å².